The molecule has 0 aliphatic carbocycles. The Morgan fingerprint density at radius 3 is 2.06 bits per heavy atom. The Hall–Kier alpha value is -3.68. The summed E-state index contributed by atoms with van der Waals surface area (Å²) in [6.45, 7) is 7.67. The van der Waals surface area contributed by atoms with Crippen molar-refractivity contribution in [3.63, 3.8) is 0 Å². The van der Waals surface area contributed by atoms with E-state index in [1.807, 2.05) is 39.8 Å². The van der Waals surface area contributed by atoms with E-state index in [1.54, 1.807) is 30.3 Å². The maximum absolute atomic E-state index is 12.0. The molecular weight excluding hydrogens is 424 g/mol. The van der Waals surface area contributed by atoms with Gasteiger partial charge in [-0.25, -0.2) is 4.79 Å². The van der Waals surface area contributed by atoms with Crippen LogP contribution in [0.2, 0.25) is 0 Å². The van der Waals surface area contributed by atoms with Gasteiger partial charge in [0.1, 0.15) is 0 Å². The highest BCUT2D eigenvalue weighted by atomic mass is 16.5. The lowest BCUT2D eigenvalue weighted by Gasteiger charge is -2.09. The third-order valence-corrected chi connectivity index (χ3v) is 4.66. The molecule has 2 aromatic rings. The molecule has 0 fully saturated rings. The summed E-state index contributed by atoms with van der Waals surface area (Å²) in [7, 11) is 0. The van der Waals surface area contributed by atoms with Crippen molar-refractivity contribution >= 4 is 35.1 Å². The van der Waals surface area contributed by atoms with Gasteiger partial charge in [0, 0.05) is 17.8 Å². The number of amides is 2. The first-order valence-electron chi connectivity index (χ1n) is 10.7. The zero-order valence-electron chi connectivity index (χ0n) is 19.4. The molecule has 0 bridgehead atoms. The summed E-state index contributed by atoms with van der Waals surface area (Å²) in [5.74, 6) is -1.69. The number of benzene rings is 2. The van der Waals surface area contributed by atoms with Crippen molar-refractivity contribution in [3.8, 4) is 0 Å². The fourth-order valence-electron chi connectivity index (χ4n) is 2.69. The Labute approximate surface area is 193 Å². The number of carbonyl (C=O) groups excluding carboxylic acids is 4. The van der Waals surface area contributed by atoms with E-state index in [-0.39, 0.29) is 24.7 Å². The average Bonchev–Trinajstić information content (AvgIpc) is 2.77. The van der Waals surface area contributed by atoms with Gasteiger partial charge >= 0.3 is 11.9 Å². The third kappa shape index (κ3) is 9.14. The second-order valence-electron chi connectivity index (χ2n) is 8.13. The lowest BCUT2D eigenvalue weighted by molar-refractivity contribution is -0.147. The Morgan fingerprint density at radius 1 is 0.788 bits per heavy atom. The molecule has 2 N–H and O–H groups in total. The molecule has 2 amide bonds. The monoisotopic (exact) mass is 454 g/mol. The molecule has 0 saturated heterocycles. The molecule has 2 rings (SSSR count). The molecule has 176 valence electrons. The quantitative estimate of drug-likeness (QED) is 0.525. The fourth-order valence-corrected chi connectivity index (χ4v) is 2.69. The molecule has 0 radical (unpaired) electrons. The summed E-state index contributed by atoms with van der Waals surface area (Å²) >= 11 is 0. The van der Waals surface area contributed by atoms with Crippen LogP contribution in [0.4, 0.5) is 11.4 Å². The number of anilines is 2. The van der Waals surface area contributed by atoms with E-state index in [4.69, 9.17) is 9.47 Å². The van der Waals surface area contributed by atoms with Crippen molar-refractivity contribution in [2.45, 2.75) is 40.5 Å². The Morgan fingerprint density at radius 2 is 1.42 bits per heavy atom. The van der Waals surface area contributed by atoms with Gasteiger partial charge in [0.05, 0.1) is 18.6 Å². The number of ether oxygens (including phenoxy) is 2. The maximum Gasteiger partial charge on any atom is 0.338 e. The van der Waals surface area contributed by atoms with Crippen LogP contribution in [0.25, 0.3) is 0 Å². The van der Waals surface area contributed by atoms with Gasteiger partial charge in [-0.3, -0.25) is 14.4 Å². The first kappa shape index (κ1) is 25.6. The summed E-state index contributed by atoms with van der Waals surface area (Å²) in [5, 5.41) is 5.30. The van der Waals surface area contributed by atoms with E-state index in [2.05, 4.69) is 10.6 Å². The lowest BCUT2D eigenvalue weighted by atomic mass is 10.1. The molecular formula is C25H30N2O6. The maximum atomic E-state index is 12.0. The van der Waals surface area contributed by atoms with Gasteiger partial charge in [0.15, 0.2) is 6.61 Å². The van der Waals surface area contributed by atoms with Gasteiger partial charge < -0.3 is 20.1 Å². The Kier molecular flexibility index (Phi) is 9.60. The summed E-state index contributed by atoms with van der Waals surface area (Å²) in [6, 6.07) is 11.8. The first-order valence-corrected chi connectivity index (χ1v) is 10.7. The number of nitrogens with one attached hydrogen (secondary N) is 2. The van der Waals surface area contributed by atoms with Gasteiger partial charge in [-0.15, -0.1) is 0 Å². The topological polar surface area (TPSA) is 111 Å². The molecule has 0 aliphatic rings. The summed E-state index contributed by atoms with van der Waals surface area (Å²) in [5.41, 5.74) is 3.66. The van der Waals surface area contributed by atoms with Crippen molar-refractivity contribution in [1.29, 1.82) is 0 Å². The minimum atomic E-state index is -0.649. The van der Waals surface area contributed by atoms with Crippen LogP contribution in [0.3, 0.4) is 0 Å². The van der Waals surface area contributed by atoms with Crippen molar-refractivity contribution < 1.29 is 28.7 Å². The van der Waals surface area contributed by atoms with E-state index in [0.29, 0.717) is 23.5 Å². The Balaban J connectivity index is 1.70. The molecule has 0 aromatic heterocycles. The molecule has 8 nitrogen and oxygen atoms in total. The minimum Gasteiger partial charge on any atom is -0.462 e. The van der Waals surface area contributed by atoms with Crippen molar-refractivity contribution in [2.24, 2.45) is 5.92 Å². The van der Waals surface area contributed by atoms with E-state index < -0.39 is 24.5 Å². The number of esters is 2. The predicted octanol–water partition coefficient (Wildman–Crippen LogP) is 4.02. The van der Waals surface area contributed by atoms with Gasteiger partial charge in [-0.05, 0) is 67.3 Å². The molecule has 0 unspecified atom stereocenters. The van der Waals surface area contributed by atoms with Crippen molar-refractivity contribution in [1.82, 2.24) is 0 Å². The summed E-state index contributed by atoms with van der Waals surface area (Å²) < 4.78 is 10.1. The highest BCUT2D eigenvalue weighted by Gasteiger charge is 2.12. The van der Waals surface area contributed by atoms with E-state index in [0.717, 1.165) is 11.1 Å². The largest absolute Gasteiger partial charge is 0.462 e. The molecule has 0 saturated carbocycles. The smallest absolute Gasteiger partial charge is 0.338 e. The molecule has 0 spiro atoms. The first-order chi connectivity index (χ1) is 15.6. The second kappa shape index (κ2) is 12.4. The Bertz CT molecular complexity index is 998. The third-order valence-electron chi connectivity index (χ3n) is 4.66. The number of hydrogen-bond acceptors (Lipinski definition) is 6. The standard InChI is InChI=1S/C25H30N2O6/c1-16(2)14-33-25(31)19-6-9-20(10-7-19)26-23(29)15-32-24(30)12-11-22(28)27-21-8-5-17(3)18(4)13-21/h5-10,13,16H,11-12,14-15H2,1-4H3,(H,26,29)(H,27,28). The van der Waals surface area contributed by atoms with Crippen LogP contribution in [0, 0.1) is 19.8 Å². The molecule has 0 heterocycles. The van der Waals surface area contributed by atoms with Crippen LogP contribution in [-0.4, -0.2) is 37.0 Å². The van der Waals surface area contributed by atoms with Crippen LogP contribution in [0.5, 0.6) is 0 Å². The SMILES string of the molecule is Cc1ccc(NC(=O)CCC(=O)OCC(=O)Nc2ccc(C(=O)OCC(C)C)cc2)cc1C. The van der Waals surface area contributed by atoms with E-state index in [9.17, 15) is 19.2 Å². The normalized spacial score (nSPS) is 10.5. The number of rotatable bonds is 10. The lowest BCUT2D eigenvalue weighted by Crippen LogP contribution is -2.22. The van der Waals surface area contributed by atoms with Crippen molar-refractivity contribution in [3.05, 3.63) is 59.2 Å². The zero-order valence-corrected chi connectivity index (χ0v) is 19.4. The second-order valence-corrected chi connectivity index (χ2v) is 8.13. The molecule has 2 aromatic carbocycles. The highest BCUT2D eigenvalue weighted by molar-refractivity contribution is 5.95. The number of aryl methyl sites for hydroxylation is 2. The molecule has 8 heteroatoms. The van der Waals surface area contributed by atoms with Crippen LogP contribution >= 0.6 is 0 Å². The van der Waals surface area contributed by atoms with Crippen LogP contribution in [0.1, 0.15) is 48.2 Å². The fraction of sp³-hybridized carbons (Fsp3) is 0.360. The van der Waals surface area contributed by atoms with Crippen LogP contribution < -0.4 is 10.6 Å². The molecule has 0 aliphatic heterocycles. The van der Waals surface area contributed by atoms with E-state index >= 15 is 0 Å². The van der Waals surface area contributed by atoms with Crippen molar-refractivity contribution in [2.75, 3.05) is 23.8 Å². The van der Waals surface area contributed by atoms with Gasteiger partial charge in [0.25, 0.3) is 5.91 Å². The van der Waals surface area contributed by atoms with Gasteiger partial charge in [0.2, 0.25) is 5.91 Å². The highest BCUT2D eigenvalue weighted by Crippen LogP contribution is 2.15. The zero-order chi connectivity index (χ0) is 24.4. The van der Waals surface area contributed by atoms with Crippen LogP contribution in [-0.2, 0) is 23.9 Å². The summed E-state index contributed by atoms with van der Waals surface area (Å²) in [4.78, 5) is 47.8. The average molecular weight is 455 g/mol. The molecule has 33 heavy (non-hydrogen) atoms. The number of hydrogen-bond donors (Lipinski definition) is 2. The molecule has 0 atom stereocenters. The number of carbonyl (C=O) groups is 4. The minimum absolute atomic E-state index is 0.0538. The van der Waals surface area contributed by atoms with E-state index in [1.165, 1.54) is 0 Å². The van der Waals surface area contributed by atoms with Crippen LogP contribution in [0.15, 0.2) is 42.5 Å². The predicted molar refractivity (Wildman–Crippen MR) is 125 cm³/mol. The van der Waals surface area contributed by atoms with Gasteiger partial charge in [-0.2, -0.15) is 0 Å². The van der Waals surface area contributed by atoms with Gasteiger partial charge in [-0.1, -0.05) is 19.9 Å². The summed E-state index contributed by atoms with van der Waals surface area (Å²) in [6.07, 6.45) is -0.196.